The predicted molar refractivity (Wildman–Crippen MR) is 90.0 cm³/mol. The van der Waals surface area contributed by atoms with Crippen molar-refractivity contribution < 1.29 is 18.3 Å². The normalized spacial score (nSPS) is 15.0. The van der Waals surface area contributed by atoms with Crippen LogP contribution in [-0.2, 0) is 12.0 Å². The number of nitrogens with one attached hydrogen (secondary N) is 1. The minimum Gasteiger partial charge on any atom is -0.497 e. The fourth-order valence-corrected chi connectivity index (χ4v) is 2.73. The van der Waals surface area contributed by atoms with Crippen molar-refractivity contribution in [3.8, 4) is 5.75 Å². The van der Waals surface area contributed by atoms with E-state index in [0.717, 1.165) is 11.3 Å². The Bertz CT molecular complexity index is 774. The lowest BCUT2D eigenvalue weighted by atomic mass is 10.00. The van der Waals surface area contributed by atoms with Crippen LogP contribution in [0.5, 0.6) is 5.75 Å². The van der Waals surface area contributed by atoms with Gasteiger partial charge in [-0.2, -0.15) is 0 Å². The molecule has 0 atom stereocenters. The van der Waals surface area contributed by atoms with Crippen LogP contribution in [0.3, 0.4) is 0 Å². The third-order valence-corrected chi connectivity index (χ3v) is 4.53. The number of nitrogens with two attached hydrogens (primary N) is 1. The topological polar surface area (TPSA) is 77.2 Å². The number of primary amides is 1. The van der Waals surface area contributed by atoms with E-state index in [4.69, 9.17) is 10.5 Å². The van der Waals surface area contributed by atoms with E-state index >= 15 is 0 Å². The molecule has 1 aliphatic rings. The lowest BCUT2D eigenvalue weighted by Gasteiger charge is -2.16. The number of alkyl halides is 2. The van der Waals surface area contributed by atoms with Crippen LogP contribution in [0.2, 0.25) is 0 Å². The quantitative estimate of drug-likeness (QED) is 0.807. The molecule has 3 N–H and O–H groups in total. The monoisotopic (exact) mass is 347 g/mol. The Morgan fingerprint density at radius 2 is 2.04 bits per heavy atom. The van der Waals surface area contributed by atoms with Crippen LogP contribution in [0.25, 0.3) is 0 Å². The van der Waals surface area contributed by atoms with Crippen molar-refractivity contribution in [3.63, 3.8) is 0 Å². The van der Waals surface area contributed by atoms with Crippen molar-refractivity contribution in [1.82, 2.24) is 4.98 Å². The highest BCUT2D eigenvalue weighted by molar-refractivity contribution is 5.98. The first-order chi connectivity index (χ1) is 12.0. The Balaban J connectivity index is 1.80. The summed E-state index contributed by atoms with van der Waals surface area (Å²) in [4.78, 5) is 15.9. The molecule has 3 rings (SSSR count). The molecule has 0 unspecified atom stereocenters. The van der Waals surface area contributed by atoms with Gasteiger partial charge in [-0.1, -0.05) is 12.1 Å². The molecule has 1 fully saturated rings. The number of halogens is 2. The second-order valence-corrected chi connectivity index (χ2v) is 6.14. The zero-order valence-electron chi connectivity index (χ0n) is 13.8. The van der Waals surface area contributed by atoms with E-state index in [1.807, 2.05) is 24.3 Å². The molecule has 25 heavy (non-hydrogen) atoms. The molecule has 0 spiro atoms. The lowest BCUT2D eigenvalue weighted by molar-refractivity contribution is 0.0978. The van der Waals surface area contributed by atoms with E-state index in [1.54, 1.807) is 7.11 Å². The van der Waals surface area contributed by atoms with Gasteiger partial charge >= 0.3 is 0 Å². The maximum absolute atomic E-state index is 13.2. The molecule has 0 saturated heterocycles. The van der Waals surface area contributed by atoms with Crippen LogP contribution in [0.4, 0.5) is 14.5 Å². The van der Waals surface area contributed by atoms with E-state index in [0.29, 0.717) is 25.1 Å². The number of amides is 1. The van der Waals surface area contributed by atoms with Crippen molar-refractivity contribution in [3.05, 3.63) is 53.3 Å². The van der Waals surface area contributed by atoms with E-state index < -0.39 is 17.7 Å². The van der Waals surface area contributed by atoms with Crippen LogP contribution in [0.1, 0.15) is 34.5 Å². The maximum atomic E-state index is 13.2. The van der Waals surface area contributed by atoms with E-state index in [2.05, 4.69) is 10.3 Å². The van der Waals surface area contributed by atoms with Crippen molar-refractivity contribution >= 4 is 11.6 Å². The molecular weight excluding hydrogens is 328 g/mol. The number of pyridine rings is 1. The summed E-state index contributed by atoms with van der Waals surface area (Å²) in [6.07, 6.45) is -0.358. The first-order valence-corrected chi connectivity index (χ1v) is 7.91. The van der Waals surface area contributed by atoms with Gasteiger partial charge in [-0.15, -0.1) is 0 Å². The third kappa shape index (κ3) is 3.40. The summed E-state index contributed by atoms with van der Waals surface area (Å²) in [5.74, 6) is 0.0697. The van der Waals surface area contributed by atoms with E-state index in [-0.39, 0.29) is 11.3 Å². The zero-order valence-corrected chi connectivity index (χ0v) is 13.8. The second kappa shape index (κ2) is 6.66. The first kappa shape index (κ1) is 17.1. The number of carbonyl (C=O) groups is 1. The molecule has 1 aromatic carbocycles. The number of aromatic nitrogens is 1. The van der Waals surface area contributed by atoms with Crippen LogP contribution in [0, 0.1) is 0 Å². The Hall–Kier alpha value is -2.70. The third-order valence-electron chi connectivity index (χ3n) is 4.53. The number of hydrogen-bond donors (Lipinski definition) is 2. The smallest absolute Gasteiger partial charge is 0.250 e. The fraction of sp³-hybridized carbons (Fsp3) is 0.333. The van der Waals surface area contributed by atoms with Crippen molar-refractivity contribution in [2.45, 2.75) is 31.2 Å². The SMILES string of the molecule is COc1ccc(CNc2cnc(C3(C(F)F)CC3)cc2C(N)=O)cc1. The second-order valence-electron chi connectivity index (χ2n) is 6.14. The van der Waals surface area contributed by atoms with E-state index in [9.17, 15) is 13.6 Å². The fourth-order valence-electron chi connectivity index (χ4n) is 2.73. The van der Waals surface area contributed by atoms with Gasteiger partial charge < -0.3 is 15.8 Å². The number of hydrogen-bond acceptors (Lipinski definition) is 4. The Morgan fingerprint density at radius 3 is 2.56 bits per heavy atom. The highest BCUT2D eigenvalue weighted by Crippen LogP contribution is 2.52. The average molecular weight is 347 g/mol. The van der Waals surface area contributed by atoms with Crippen LogP contribution in [0.15, 0.2) is 36.5 Å². The molecule has 5 nitrogen and oxygen atoms in total. The minimum atomic E-state index is -2.50. The molecule has 2 aromatic rings. The minimum absolute atomic E-state index is 0.172. The lowest BCUT2D eigenvalue weighted by Crippen LogP contribution is -2.22. The summed E-state index contributed by atoms with van der Waals surface area (Å²) in [5, 5.41) is 3.09. The Kier molecular flexibility index (Phi) is 4.57. The Morgan fingerprint density at radius 1 is 1.36 bits per heavy atom. The van der Waals surface area contributed by atoms with Crippen LogP contribution < -0.4 is 15.8 Å². The maximum Gasteiger partial charge on any atom is 0.250 e. The molecule has 0 radical (unpaired) electrons. The van der Waals surface area contributed by atoms with Gasteiger partial charge in [-0.25, -0.2) is 8.78 Å². The van der Waals surface area contributed by atoms with Gasteiger partial charge in [0.1, 0.15) is 5.75 Å². The number of methoxy groups -OCH3 is 1. The number of benzene rings is 1. The van der Waals surface area contributed by atoms with Gasteiger partial charge in [-0.3, -0.25) is 9.78 Å². The highest BCUT2D eigenvalue weighted by Gasteiger charge is 2.53. The summed E-state index contributed by atoms with van der Waals surface area (Å²) < 4.78 is 31.6. The largest absolute Gasteiger partial charge is 0.497 e. The molecule has 0 bridgehead atoms. The Labute approximate surface area is 144 Å². The van der Waals surface area contributed by atoms with Gasteiger partial charge in [0, 0.05) is 6.54 Å². The van der Waals surface area contributed by atoms with E-state index in [1.165, 1.54) is 12.3 Å². The number of carbonyl (C=O) groups excluding carboxylic acids is 1. The summed E-state index contributed by atoms with van der Waals surface area (Å²) in [5.41, 5.74) is 5.99. The van der Waals surface area contributed by atoms with Gasteiger partial charge in [0.15, 0.2) is 0 Å². The number of ether oxygens (including phenoxy) is 1. The summed E-state index contributed by atoms with van der Waals surface area (Å²) in [6, 6.07) is 8.80. The molecule has 0 aliphatic heterocycles. The predicted octanol–water partition coefficient (Wildman–Crippen LogP) is 3.10. The molecule has 1 saturated carbocycles. The molecule has 7 heteroatoms. The average Bonchev–Trinajstić information content (AvgIpc) is 3.42. The summed E-state index contributed by atoms with van der Waals surface area (Å²) in [7, 11) is 1.59. The number of anilines is 1. The molecule has 132 valence electrons. The number of nitrogens with zero attached hydrogens (tertiary/aromatic N) is 1. The van der Waals surface area contributed by atoms with Crippen molar-refractivity contribution in [2.75, 3.05) is 12.4 Å². The molecule has 1 amide bonds. The van der Waals surface area contributed by atoms with Gasteiger partial charge in [0.05, 0.1) is 35.7 Å². The van der Waals surface area contributed by atoms with Gasteiger partial charge in [0.25, 0.3) is 5.91 Å². The standard InChI is InChI=1S/C18H19F2N3O2/c1-25-12-4-2-11(3-5-12)9-22-14-10-23-15(8-13(14)16(21)24)18(6-7-18)17(19)20/h2-5,8,10,17,22H,6-7,9H2,1H3,(H2,21,24). The summed E-state index contributed by atoms with van der Waals surface area (Å²) in [6.45, 7) is 0.436. The number of rotatable bonds is 7. The van der Waals surface area contributed by atoms with Gasteiger partial charge in [-0.05, 0) is 36.6 Å². The van der Waals surface area contributed by atoms with Crippen LogP contribution in [-0.4, -0.2) is 24.4 Å². The summed E-state index contributed by atoms with van der Waals surface area (Å²) >= 11 is 0. The molecule has 1 aliphatic carbocycles. The highest BCUT2D eigenvalue weighted by atomic mass is 19.3. The van der Waals surface area contributed by atoms with Crippen molar-refractivity contribution in [1.29, 1.82) is 0 Å². The first-order valence-electron chi connectivity index (χ1n) is 7.91. The zero-order chi connectivity index (χ0) is 18.0. The van der Waals surface area contributed by atoms with Gasteiger partial charge in [0.2, 0.25) is 6.43 Å². The molecule has 1 aromatic heterocycles. The van der Waals surface area contributed by atoms with Crippen molar-refractivity contribution in [2.24, 2.45) is 5.73 Å². The van der Waals surface area contributed by atoms with Crippen LogP contribution >= 0.6 is 0 Å². The molecule has 1 heterocycles. The molecular formula is C18H19F2N3O2.